The smallest absolute Gasteiger partial charge is 0.254 e. The first kappa shape index (κ1) is 14.9. The van der Waals surface area contributed by atoms with Gasteiger partial charge in [0.05, 0.1) is 21.3 Å². The molecule has 0 bridgehead atoms. The number of nitrogens with zero attached hydrogens (tertiary/aromatic N) is 1. The summed E-state index contributed by atoms with van der Waals surface area (Å²) in [6, 6.07) is 5.95. The molecular weight excluding hydrogens is 413 g/mol. The van der Waals surface area contributed by atoms with E-state index in [1.54, 1.807) is 40.8 Å². The van der Waals surface area contributed by atoms with Crippen molar-refractivity contribution >= 4 is 45.8 Å². The molecule has 0 aliphatic carbocycles. The molecule has 0 atom stereocenters. The van der Waals surface area contributed by atoms with Crippen molar-refractivity contribution in [3.63, 3.8) is 0 Å². The van der Waals surface area contributed by atoms with Crippen LogP contribution in [-0.2, 0) is 6.18 Å². The molecule has 1 aromatic carbocycles. The summed E-state index contributed by atoms with van der Waals surface area (Å²) in [6.07, 6.45) is -3.63. The van der Waals surface area contributed by atoms with Crippen molar-refractivity contribution in [2.75, 3.05) is 0 Å². The zero-order valence-electron chi connectivity index (χ0n) is 9.10. The van der Waals surface area contributed by atoms with Gasteiger partial charge in [0.25, 0.3) is 0 Å². The number of benzene rings is 1. The maximum absolute atomic E-state index is 12.6. The molecule has 19 heavy (non-hydrogen) atoms. The largest absolute Gasteiger partial charge is 0.417 e. The molecule has 0 unspecified atom stereocenters. The highest BCUT2D eigenvalue weighted by atomic mass is 127. The van der Waals surface area contributed by atoms with Gasteiger partial charge in [0.15, 0.2) is 0 Å². The van der Waals surface area contributed by atoms with Crippen LogP contribution in [-0.4, -0.2) is 4.98 Å². The van der Waals surface area contributed by atoms with Gasteiger partial charge in [-0.3, -0.25) is 4.98 Å². The highest BCUT2D eigenvalue weighted by Crippen LogP contribution is 2.36. The van der Waals surface area contributed by atoms with Crippen LogP contribution in [0.5, 0.6) is 0 Å². The Balaban J connectivity index is 2.56. The Hall–Kier alpha value is -0.530. The van der Waals surface area contributed by atoms with E-state index in [0.29, 0.717) is 19.9 Å². The van der Waals surface area contributed by atoms with Crippen LogP contribution in [0.15, 0.2) is 30.5 Å². The van der Waals surface area contributed by atoms with Gasteiger partial charge in [0.1, 0.15) is 0 Å². The highest BCUT2D eigenvalue weighted by molar-refractivity contribution is 14.1. The molecule has 0 saturated carbocycles. The SMILES string of the molecule is FC(F)(F)c1cnc(-c2cccc(Cl)c2Cl)c(I)c1. The Morgan fingerprint density at radius 3 is 2.42 bits per heavy atom. The number of hydrogen-bond donors (Lipinski definition) is 0. The van der Waals surface area contributed by atoms with Crippen LogP contribution in [0.3, 0.4) is 0 Å². The number of rotatable bonds is 1. The number of alkyl halides is 3. The lowest BCUT2D eigenvalue weighted by Gasteiger charge is -2.11. The van der Waals surface area contributed by atoms with Crippen molar-refractivity contribution in [1.29, 1.82) is 0 Å². The minimum Gasteiger partial charge on any atom is -0.254 e. The van der Waals surface area contributed by atoms with Gasteiger partial charge >= 0.3 is 6.18 Å². The van der Waals surface area contributed by atoms with Gasteiger partial charge in [-0.05, 0) is 34.7 Å². The van der Waals surface area contributed by atoms with Crippen LogP contribution < -0.4 is 0 Å². The maximum atomic E-state index is 12.6. The molecule has 1 heterocycles. The average molecular weight is 418 g/mol. The summed E-state index contributed by atoms with van der Waals surface area (Å²) >= 11 is 13.7. The lowest BCUT2D eigenvalue weighted by Crippen LogP contribution is -2.06. The Morgan fingerprint density at radius 2 is 1.84 bits per heavy atom. The molecule has 2 rings (SSSR count). The second-order valence-corrected chi connectivity index (χ2v) is 5.60. The number of pyridine rings is 1. The van der Waals surface area contributed by atoms with Gasteiger partial charge in [-0.25, -0.2) is 0 Å². The van der Waals surface area contributed by atoms with E-state index < -0.39 is 11.7 Å². The molecule has 0 fully saturated rings. The third kappa shape index (κ3) is 3.14. The normalized spacial score (nSPS) is 11.7. The fourth-order valence-corrected chi connectivity index (χ4v) is 2.63. The maximum Gasteiger partial charge on any atom is 0.417 e. The third-order valence-electron chi connectivity index (χ3n) is 2.38. The van der Waals surface area contributed by atoms with Crippen molar-refractivity contribution in [2.45, 2.75) is 6.18 Å². The van der Waals surface area contributed by atoms with E-state index in [1.165, 1.54) is 0 Å². The number of aromatic nitrogens is 1. The number of hydrogen-bond acceptors (Lipinski definition) is 1. The first-order chi connectivity index (χ1) is 8.80. The van der Waals surface area contributed by atoms with Crippen molar-refractivity contribution in [3.8, 4) is 11.3 Å². The summed E-state index contributed by atoms with van der Waals surface area (Å²) in [6.45, 7) is 0. The second-order valence-electron chi connectivity index (χ2n) is 3.65. The van der Waals surface area contributed by atoms with Gasteiger partial charge in [0, 0.05) is 15.3 Å². The molecule has 0 amide bonds. The predicted molar refractivity (Wildman–Crippen MR) is 77.4 cm³/mol. The summed E-state index contributed by atoms with van der Waals surface area (Å²) in [7, 11) is 0. The van der Waals surface area contributed by atoms with E-state index in [0.717, 1.165) is 12.3 Å². The summed E-state index contributed by atoms with van der Waals surface area (Å²) < 4.78 is 38.0. The summed E-state index contributed by atoms with van der Waals surface area (Å²) in [5, 5.41) is 0.603. The molecule has 0 saturated heterocycles. The second kappa shape index (κ2) is 5.46. The van der Waals surface area contributed by atoms with Crippen LogP contribution in [0.25, 0.3) is 11.3 Å². The summed E-state index contributed by atoms with van der Waals surface area (Å²) in [4.78, 5) is 3.85. The van der Waals surface area contributed by atoms with Crippen LogP contribution in [0.2, 0.25) is 10.0 Å². The van der Waals surface area contributed by atoms with Gasteiger partial charge in [-0.15, -0.1) is 0 Å². The molecule has 7 heteroatoms. The van der Waals surface area contributed by atoms with Crippen molar-refractivity contribution in [3.05, 3.63) is 49.6 Å². The quantitative estimate of drug-likeness (QED) is 0.544. The molecule has 0 aliphatic rings. The van der Waals surface area contributed by atoms with Crippen molar-refractivity contribution < 1.29 is 13.2 Å². The minimum absolute atomic E-state index is 0.273. The Kier molecular flexibility index (Phi) is 4.27. The van der Waals surface area contributed by atoms with Gasteiger partial charge < -0.3 is 0 Å². The van der Waals surface area contributed by atoms with Gasteiger partial charge in [-0.1, -0.05) is 35.3 Å². The highest BCUT2D eigenvalue weighted by Gasteiger charge is 2.31. The van der Waals surface area contributed by atoms with E-state index in [1.807, 2.05) is 0 Å². The molecule has 2 aromatic rings. The van der Waals surface area contributed by atoms with Gasteiger partial charge in [0.2, 0.25) is 0 Å². The van der Waals surface area contributed by atoms with E-state index >= 15 is 0 Å². The predicted octanol–water partition coefficient (Wildman–Crippen LogP) is 5.68. The molecule has 100 valence electrons. The van der Waals surface area contributed by atoms with Crippen molar-refractivity contribution in [2.24, 2.45) is 0 Å². The molecule has 1 nitrogen and oxygen atoms in total. The van der Waals surface area contributed by atoms with Crippen molar-refractivity contribution in [1.82, 2.24) is 4.98 Å². The first-order valence-electron chi connectivity index (χ1n) is 4.98. The molecule has 0 N–H and O–H groups in total. The average Bonchev–Trinajstić information content (AvgIpc) is 2.32. The Morgan fingerprint density at radius 1 is 1.16 bits per heavy atom. The number of halogens is 6. The molecule has 1 aromatic heterocycles. The summed E-state index contributed by atoms with van der Waals surface area (Å²) in [5.41, 5.74) is 0.0900. The lowest BCUT2D eigenvalue weighted by molar-refractivity contribution is -0.137. The molecule has 0 radical (unpaired) electrons. The zero-order valence-corrected chi connectivity index (χ0v) is 12.8. The standard InChI is InChI=1S/C12H5Cl2F3IN/c13-8-3-1-2-7(10(8)14)11-9(18)4-6(5-19-11)12(15,16)17/h1-5H. The molecule has 0 aliphatic heterocycles. The van der Waals surface area contributed by atoms with E-state index in [2.05, 4.69) is 4.98 Å². The lowest BCUT2D eigenvalue weighted by atomic mass is 10.1. The van der Waals surface area contributed by atoms with Crippen LogP contribution in [0.1, 0.15) is 5.56 Å². The van der Waals surface area contributed by atoms with E-state index in [9.17, 15) is 13.2 Å². The fraction of sp³-hybridized carbons (Fsp3) is 0.0833. The summed E-state index contributed by atoms with van der Waals surface area (Å²) in [5.74, 6) is 0. The fourth-order valence-electron chi connectivity index (χ4n) is 1.48. The third-order valence-corrected chi connectivity index (χ3v) is 4.02. The molecule has 0 spiro atoms. The van der Waals surface area contributed by atoms with Crippen LogP contribution in [0.4, 0.5) is 13.2 Å². The van der Waals surface area contributed by atoms with E-state index in [4.69, 9.17) is 23.2 Å². The molecular formula is C12H5Cl2F3IN. The van der Waals surface area contributed by atoms with Crippen LogP contribution in [0, 0.1) is 3.57 Å². The van der Waals surface area contributed by atoms with Crippen LogP contribution >= 0.6 is 45.8 Å². The Bertz CT molecular complexity index is 629. The van der Waals surface area contributed by atoms with Gasteiger partial charge in [-0.2, -0.15) is 13.2 Å². The minimum atomic E-state index is -4.41. The van der Waals surface area contributed by atoms with E-state index in [-0.39, 0.29) is 5.02 Å². The Labute approximate surface area is 130 Å². The monoisotopic (exact) mass is 417 g/mol. The zero-order chi connectivity index (χ0) is 14.2. The first-order valence-corrected chi connectivity index (χ1v) is 6.81. The topological polar surface area (TPSA) is 12.9 Å².